The third-order valence-electron chi connectivity index (χ3n) is 9.30. The van der Waals surface area contributed by atoms with Crippen LogP contribution in [0.5, 0.6) is 0 Å². The van der Waals surface area contributed by atoms with Crippen molar-refractivity contribution in [2.75, 3.05) is 61.8 Å². The minimum Gasteiger partial charge on any atom is -0.390 e. The topological polar surface area (TPSA) is 123 Å². The molecule has 0 spiro atoms. The summed E-state index contributed by atoms with van der Waals surface area (Å²) in [6, 6.07) is 9.18. The molecule has 224 valence electrons. The highest BCUT2D eigenvalue weighted by Gasteiger charge is 2.32. The van der Waals surface area contributed by atoms with Crippen LogP contribution in [-0.2, 0) is 6.42 Å². The van der Waals surface area contributed by atoms with E-state index in [1.807, 2.05) is 26.0 Å². The van der Waals surface area contributed by atoms with Gasteiger partial charge < -0.3 is 31.3 Å². The van der Waals surface area contributed by atoms with Gasteiger partial charge in [-0.15, -0.1) is 0 Å². The van der Waals surface area contributed by atoms with E-state index in [1.165, 1.54) is 25.2 Å². The number of rotatable bonds is 8. The molecular weight excluding hydrogens is 516 g/mol. The van der Waals surface area contributed by atoms with E-state index in [2.05, 4.69) is 56.4 Å². The average Bonchev–Trinajstić information content (AvgIpc) is 2.95. The molecular formula is C31H48N8O2. The van der Waals surface area contributed by atoms with E-state index >= 15 is 0 Å². The molecule has 0 radical (unpaired) electrons. The number of anilines is 4. The number of primary amides is 1. The molecule has 1 aromatic heterocycles. The van der Waals surface area contributed by atoms with E-state index in [0.717, 1.165) is 57.5 Å². The van der Waals surface area contributed by atoms with Crippen LogP contribution in [-0.4, -0.2) is 94.8 Å². The summed E-state index contributed by atoms with van der Waals surface area (Å²) in [6.07, 6.45) is 4.99. The van der Waals surface area contributed by atoms with Crippen LogP contribution in [0, 0.1) is 5.92 Å². The second-order valence-electron chi connectivity index (χ2n) is 12.6. The molecule has 2 atom stereocenters. The number of benzene rings is 1. The molecule has 2 unspecified atom stereocenters. The fraction of sp³-hybridized carbons (Fsp3) is 0.645. The third kappa shape index (κ3) is 7.10. The van der Waals surface area contributed by atoms with Crippen molar-refractivity contribution in [1.82, 2.24) is 19.8 Å². The molecule has 1 saturated carbocycles. The van der Waals surface area contributed by atoms with Crippen LogP contribution < -0.4 is 21.3 Å². The summed E-state index contributed by atoms with van der Waals surface area (Å²) in [7, 11) is 2.21. The van der Waals surface area contributed by atoms with Gasteiger partial charge in [0, 0.05) is 62.7 Å². The molecule has 2 saturated heterocycles. The lowest BCUT2D eigenvalue weighted by Gasteiger charge is -2.46. The number of aryl methyl sites for hydroxylation is 1. The Balaban J connectivity index is 1.26. The Bertz CT molecular complexity index is 1190. The van der Waals surface area contributed by atoms with Gasteiger partial charge in [0.25, 0.3) is 5.91 Å². The predicted molar refractivity (Wildman–Crippen MR) is 165 cm³/mol. The first kappa shape index (κ1) is 29.5. The van der Waals surface area contributed by atoms with Crippen molar-refractivity contribution in [2.45, 2.75) is 77.0 Å². The molecule has 5 N–H and O–H groups in total. The lowest BCUT2D eigenvalue weighted by Crippen LogP contribution is -2.55. The summed E-state index contributed by atoms with van der Waals surface area (Å²) in [5.41, 5.74) is 8.00. The SMILES string of the molecule is CCc1nc(C(N)=O)c(Nc2ccc(N3CCC(N4CCN(C)CC4)C(C)C3)cc2)nc1NC1CCC(C)(O)CC1. The van der Waals surface area contributed by atoms with Crippen molar-refractivity contribution < 1.29 is 9.90 Å². The molecule has 1 amide bonds. The Labute approximate surface area is 244 Å². The zero-order valence-electron chi connectivity index (χ0n) is 25.2. The Kier molecular flexibility index (Phi) is 9.01. The lowest BCUT2D eigenvalue weighted by molar-refractivity contribution is 0.0196. The van der Waals surface area contributed by atoms with E-state index in [9.17, 15) is 9.90 Å². The van der Waals surface area contributed by atoms with Crippen LogP contribution in [0.2, 0.25) is 0 Å². The van der Waals surface area contributed by atoms with E-state index < -0.39 is 11.5 Å². The molecule has 2 aromatic rings. The van der Waals surface area contributed by atoms with Crippen molar-refractivity contribution in [3.63, 3.8) is 0 Å². The number of piperidine rings is 1. The van der Waals surface area contributed by atoms with E-state index in [-0.39, 0.29) is 11.7 Å². The van der Waals surface area contributed by atoms with Crippen molar-refractivity contribution in [3.05, 3.63) is 35.7 Å². The number of carbonyl (C=O) groups is 1. The quantitative estimate of drug-likeness (QED) is 0.382. The Hall–Kier alpha value is -2.95. The van der Waals surface area contributed by atoms with Crippen LogP contribution in [0.1, 0.15) is 69.1 Å². The van der Waals surface area contributed by atoms with Crippen LogP contribution in [0.3, 0.4) is 0 Å². The Morgan fingerprint density at radius 1 is 1.05 bits per heavy atom. The maximum absolute atomic E-state index is 12.3. The van der Waals surface area contributed by atoms with Gasteiger partial charge in [-0.05, 0) is 82.7 Å². The largest absolute Gasteiger partial charge is 0.390 e. The average molecular weight is 565 g/mol. The number of piperazine rings is 1. The standard InChI is InChI=1S/C31H48N8O2/c1-5-25-29(33-23-10-13-31(3,41)14-11-23)36-30(27(35-25)28(32)40)34-22-6-8-24(9-7-22)39-15-12-26(21(2)20-39)38-18-16-37(4)17-19-38/h6-9,21,23,26,41H,5,10-20H2,1-4H3,(H2,32,40)(H2,33,34,36). The van der Waals surface area contributed by atoms with Gasteiger partial charge >= 0.3 is 0 Å². The number of hydrogen-bond donors (Lipinski definition) is 4. The first-order chi connectivity index (χ1) is 19.6. The minimum atomic E-state index is -0.608. The molecule has 41 heavy (non-hydrogen) atoms. The summed E-state index contributed by atoms with van der Waals surface area (Å²) in [6.45, 7) is 13.0. The van der Waals surface area contributed by atoms with E-state index in [0.29, 0.717) is 35.7 Å². The Morgan fingerprint density at radius 2 is 1.73 bits per heavy atom. The number of amides is 1. The highest BCUT2D eigenvalue weighted by molar-refractivity contribution is 5.96. The number of nitrogens with two attached hydrogens (primary N) is 1. The molecule has 10 nitrogen and oxygen atoms in total. The van der Waals surface area contributed by atoms with Gasteiger partial charge in [-0.1, -0.05) is 13.8 Å². The van der Waals surface area contributed by atoms with Crippen LogP contribution in [0.25, 0.3) is 0 Å². The number of aromatic nitrogens is 2. The number of hydrogen-bond acceptors (Lipinski definition) is 9. The number of aliphatic hydroxyl groups is 1. The van der Waals surface area contributed by atoms with Gasteiger partial charge in [0.1, 0.15) is 5.82 Å². The monoisotopic (exact) mass is 564 g/mol. The van der Waals surface area contributed by atoms with Gasteiger partial charge in [0.2, 0.25) is 0 Å². The summed E-state index contributed by atoms with van der Waals surface area (Å²) in [4.78, 5) is 29.3. The fourth-order valence-corrected chi connectivity index (χ4v) is 6.62. The Morgan fingerprint density at radius 3 is 2.34 bits per heavy atom. The maximum atomic E-state index is 12.3. The summed E-state index contributed by atoms with van der Waals surface area (Å²) >= 11 is 0. The zero-order valence-corrected chi connectivity index (χ0v) is 25.2. The summed E-state index contributed by atoms with van der Waals surface area (Å²) in [5, 5.41) is 17.2. The normalized spacial score (nSPS) is 27.9. The van der Waals surface area contributed by atoms with Gasteiger partial charge in [0.15, 0.2) is 11.5 Å². The molecule has 10 heteroatoms. The molecule has 3 fully saturated rings. The first-order valence-corrected chi connectivity index (χ1v) is 15.4. The smallest absolute Gasteiger partial charge is 0.271 e. The van der Waals surface area contributed by atoms with Gasteiger partial charge in [0.05, 0.1) is 11.3 Å². The summed E-state index contributed by atoms with van der Waals surface area (Å²) < 4.78 is 0. The van der Waals surface area contributed by atoms with Crippen LogP contribution >= 0.6 is 0 Å². The molecule has 3 heterocycles. The van der Waals surface area contributed by atoms with Crippen LogP contribution in [0.4, 0.5) is 23.0 Å². The van der Waals surface area contributed by atoms with Crippen molar-refractivity contribution in [3.8, 4) is 0 Å². The van der Waals surface area contributed by atoms with Crippen molar-refractivity contribution in [1.29, 1.82) is 0 Å². The zero-order chi connectivity index (χ0) is 29.1. The number of carbonyl (C=O) groups excluding carboxylic acids is 1. The molecule has 1 aromatic carbocycles. The number of likely N-dealkylation sites (N-methyl/N-ethyl adjacent to an activating group) is 1. The van der Waals surface area contributed by atoms with E-state index in [4.69, 9.17) is 10.7 Å². The molecule has 2 aliphatic heterocycles. The number of nitrogens with zero attached hydrogens (tertiary/aromatic N) is 5. The molecule has 0 bridgehead atoms. The first-order valence-electron chi connectivity index (χ1n) is 15.4. The molecule has 5 rings (SSSR count). The van der Waals surface area contributed by atoms with Crippen molar-refractivity contribution >= 4 is 28.9 Å². The number of nitrogens with one attached hydrogen (secondary N) is 2. The van der Waals surface area contributed by atoms with Gasteiger partial charge in [-0.25, -0.2) is 9.97 Å². The minimum absolute atomic E-state index is 0.142. The van der Waals surface area contributed by atoms with Crippen molar-refractivity contribution in [2.24, 2.45) is 11.7 Å². The third-order valence-corrected chi connectivity index (χ3v) is 9.30. The van der Waals surface area contributed by atoms with Gasteiger partial charge in [-0.2, -0.15) is 0 Å². The van der Waals surface area contributed by atoms with E-state index in [1.54, 1.807) is 0 Å². The van der Waals surface area contributed by atoms with Crippen LogP contribution in [0.15, 0.2) is 24.3 Å². The predicted octanol–water partition coefficient (Wildman–Crippen LogP) is 3.45. The fourth-order valence-electron chi connectivity index (χ4n) is 6.62. The lowest BCUT2D eigenvalue weighted by atomic mass is 9.83. The second kappa shape index (κ2) is 12.5. The highest BCUT2D eigenvalue weighted by atomic mass is 16.3. The molecule has 3 aliphatic rings. The summed E-state index contributed by atoms with van der Waals surface area (Å²) in [5.74, 6) is 1.02. The molecule has 1 aliphatic carbocycles. The highest BCUT2D eigenvalue weighted by Crippen LogP contribution is 2.32. The van der Waals surface area contributed by atoms with Gasteiger partial charge in [-0.3, -0.25) is 9.69 Å². The second-order valence-corrected chi connectivity index (χ2v) is 12.6. The maximum Gasteiger partial charge on any atom is 0.271 e.